The SMILES string of the molecule is CC(C)OP(=O)(OC(C)C)C1C=CN(C(Cl)=C(Cl)Cl)C=C1. The van der Waals surface area contributed by atoms with Crippen LogP contribution in [0.15, 0.2) is 34.2 Å². The minimum atomic E-state index is -3.31. The molecule has 4 nitrogen and oxygen atoms in total. The number of allylic oxidation sites excluding steroid dienone is 2. The maximum Gasteiger partial charge on any atom is 0.341 e. The molecule has 0 saturated carbocycles. The van der Waals surface area contributed by atoms with E-state index in [4.69, 9.17) is 43.9 Å². The monoisotopic (exact) mass is 373 g/mol. The first kappa shape index (κ1) is 19.1. The largest absolute Gasteiger partial charge is 0.341 e. The van der Waals surface area contributed by atoms with Crippen LogP contribution in [0.5, 0.6) is 0 Å². The molecule has 0 aliphatic carbocycles. The predicted molar refractivity (Wildman–Crippen MR) is 88.5 cm³/mol. The van der Waals surface area contributed by atoms with Crippen molar-refractivity contribution < 1.29 is 13.6 Å². The fourth-order valence-electron chi connectivity index (χ4n) is 1.67. The normalized spacial score (nSPS) is 16.1. The van der Waals surface area contributed by atoms with E-state index in [1.165, 1.54) is 4.90 Å². The summed E-state index contributed by atoms with van der Waals surface area (Å²) in [4.78, 5) is 1.52. The van der Waals surface area contributed by atoms with Crippen molar-refractivity contribution in [1.29, 1.82) is 0 Å². The van der Waals surface area contributed by atoms with Gasteiger partial charge < -0.3 is 13.9 Å². The second kappa shape index (κ2) is 8.05. The molecule has 0 bridgehead atoms. The molecule has 0 N–H and O–H groups in total. The number of hydrogen-bond donors (Lipinski definition) is 0. The fourth-order valence-corrected chi connectivity index (χ4v) is 4.06. The van der Waals surface area contributed by atoms with Crippen LogP contribution in [0.1, 0.15) is 27.7 Å². The molecule has 0 unspecified atom stereocenters. The van der Waals surface area contributed by atoms with E-state index in [1.54, 1.807) is 24.6 Å². The standard InChI is InChI=1S/C13H19Cl3NO3P/c1-9(2)19-21(18,20-10(3)4)11-5-7-17(8-6-11)13(16)12(14)15/h5-11H,1-4H3. The van der Waals surface area contributed by atoms with E-state index in [9.17, 15) is 4.57 Å². The van der Waals surface area contributed by atoms with Crippen LogP contribution >= 0.6 is 42.4 Å². The molecule has 0 aromatic carbocycles. The summed E-state index contributed by atoms with van der Waals surface area (Å²) >= 11 is 17.2. The van der Waals surface area contributed by atoms with Crippen LogP contribution in [0.25, 0.3) is 0 Å². The summed E-state index contributed by atoms with van der Waals surface area (Å²) < 4.78 is 24.0. The molecule has 0 saturated heterocycles. The van der Waals surface area contributed by atoms with Crippen molar-refractivity contribution in [3.63, 3.8) is 0 Å². The third-order valence-electron chi connectivity index (χ3n) is 2.35. The average molecular weight is 375 g/mol. The Bertz CT molecular complexity index is 471. The molecule has 0 spiro atoms. The van der Waals surface area contributed by atoms with E-state index in [0.29, 0.717) is 0 Å². The van der Waals surface area contributed by atoms with Gasteiger partial charge in [0.1, 0.15) is 15.3 Å². The van der Waals surface area contributed by atoms with Crippen molar-refractivity contribution in [2.75, 3.05) is 0 Å². The molecule has 0 aromatic heterocycles. The third-order valence-corrected chi connectivity index (χ3v) is 5.79. The molecule has 0 amide bonds. The number of halogens is 3. The highest BCUT2D eigenvalue weighted by Gasteiger charge is 2.36. The molecular formula is C13H19Cl3NO3P. The number of nitrogens with zero attached hydrogens (tertiary/aromatic N) is 1. The summed E-state index contributed by atoms with van der Waals surface area (Å²) in [6.07, 6.45) is 6.19. The van der Waals surface area contributed by atoms with Crippen LogP contribution in [-0.2, 0) is 13.6 Å². The summed E-state index contributed by atoms with van der Waals surface area (Å²) in [5, 5.41) is 0.161. The summed E-state index contributed by atoms with van der Waals surface area (Å²) in [6, 6.07) is 0. The lowest BCUT2D eigenvalue weighted by molar-refractivity contribution is 0.141. The van der Waals surface area contributed by atoms with E-state index in [-0.39, 0.29) is 21.9 Å². The van der Waals surface area contributed by atoms with E-state index < -0.39 is 13.3 Å². The highest BCUT2D eigenvalue weighted by molar-refractivity contribution is 7.55. The smallest absolute Gasteiger partial charge is 0.313 e. The molecule has 1 heterocycles. The molecular weight excluding hydrogens is 355 g/mol. The second-order valence-corrected chi connectivity index (χ2v) is 8.39. The van der Waals surface area contributed by atoms with E-state index in [1.807, 2.05) is 27.7 Å². The first-order valence-electron chi connectivity index (χ1n) is 6.48. The van der Waals surface area contributed by atoms with E-state index >= 15 is 0 Å². The Kier molecular flexibility index (Phi) is 7.32. The molecule has 1 aliphatic rings. The van der Waals surface area contributed by atoms with Gasteiger partial charge in [0, 0.05) is 12.4 Å². The first-order valence-corrected chi connectivity index (χ1v) is 9.22. The van der Waals surface area contributed by atoms with Gasteiger partial charge in [-0.15, -0.1) is 0 Å². The molecule has 120 valence electrons. The summed E-state index contributed by atoms with van der Waals surface area (Å²) in [7, 11) is -3.31. The lowest BCUT2D eigenvalue weighted by atomic mass is 10.3. The minimum absolute atomic E-state index is 0.0514. The van der Waals surface area contributed by atoms with Gasteiger partial charge in [-0.2, -0.15) is 0 Å². The van der Waals surface area contributed by atoms with Crippen LogP contribution in [0, 0.1) is 0 Å². The third kappa shape index (κ3) is 5.63. The van der Waals surface area contributed by atoms with Crippen molar-refractivity contribution in [1.82, 2.24) is 4.90 Å². The summed E-state index contributed by atoms with van der Waals surface area (Å²) in [5.74, 6) is 0. The Hall–Kier alpha value is 0.0400. The van der Waals surface area contributed by atoms with Gasteiger partial charge in [0.25, 0.3) is 0 Å². The zero-order valence-corrected chi connectivity index (χ0v) is 15.5. The maximum absolute atomic E-state index is 12.9. The van der Waals surface area contributed by atoms with Crippen LogP contribution in [0.4, 0.5) is 0 Å². The molecule has 8 heteroatoms. The Morgan fingerprint density at radius 2 is 1.48 bits per heavy atom. The second-order valence-electron chi connectivity index (χ2n) is 4.98. The highest BCUT2D eigenvalue weighted by Crippen LogP contribution is 2.56. The molecule has 0 radical (unpaired) electrons. The molecule has 0 fully saturated rings. The van der Waals surface area contributed by atoms with Gasteiger partial charge in [0.2, 0.25) is 0 Å². The number of rotatable bonds is 6. The molecule has 0 aromatic rings. The van der Waals surface area contributed by atoms with E-state index in [2.05, 4.69) is 0 Å². The fraction of sp³-hybridized carbons (Fsp3) is 0.538. The van der Waals surface area contributed by atoms with Crippen molar-refractivity contribution in [3.05, 3.63) is 34.2 Å². The van der Waals surface area contributed by atoms with Crippen LogP contribution in [-0.4, -0.2) is 22.8 Å². The van der Waals surface area contributed by atoms with Crippen LogP contribution in [0.3, 0.4) is 0 Å². The van der Waals surface area contributed by atoms with Gasteiger partial charge in [-0.25, -0.2) is 0 Å². The van der Waals surface area contributed by atoms with Crippen molar-refractivity contribution in [3.8, 4) is 0 Å². The van der Waals surface area contributed by atoms with Crippen LogP contribution < -0.4 is 0 Å². The molecule has 0 atom stereocenters. The Balaban J connectivity index is 2.94. The number of hydrogen-bond acceptors (Lipinski definition) is 4. The zero-order valence-electron chi connectivity index (χ0n) is 12.3. The van der Waals surface area contributed by atoms with Gasteiger partial charge in [0.15, 0.2) is 0 Å². The van der Waals surface area contributed by atoms with Gasteiger partial charge in [-0.3, -0.25) is 4.57 Å². The maximum atomic E-state index is 12.9. The Labute approximate surface area is 140 Å². The first-order chi connectivity index (χ1) is 9.65. The van der Waals surface area contributed by atoms with Gasteiger partial charge in [0.05, 0.1) is 12.2 Å². The Morgan fingerprint density at radius 3 is 1.81 bits per heavy atom. The topological polar surface area (TPSA) is 38.8 Å². The predicted octanol–water partition coefficient (Wildman–Crippen LogP) is 5.58. The molecule has 21 heavy (non-hydrogen) atoms. The van der Waals surface area contributed by atoms with Crippen molar-refractivity contribution in [2.45, 2.75) is 45.6 Å². The highest BCUT2D eigenvalue weighted by atomic mass is 35.5. The van der Waals surface area contributed by atoms with Gasteiger partial charge in [-0.05, 0) is 39.8 Å². The zero-order chi connectivity index (χ0) is 16.2. The van der Waals surface area contributed by atoms with Crippen LogP contribution in [0.2, 0.25) is 0 Å². The molecule has 1 aliphatic heterocycles. The van der Waals surface area contributed by atoms with Crippen molar-refractivity contribution in [2.24, 2.45) is 0 Å². The molecule has 1 rings (SSSR count). The summed E-state index contributed by atoms with van der Waals surface area (Å²) in [5.41, 5.74) is -0.489. The minimum Gasteiger partial charge on any atom is -0.313 e. The van der Waals surface area contributed by atoms with Gasteiger partial charge >= 0.3 is 7.60 Å². The quantitative estimate of drug-likeness (QED) is 0.449. The van der Waals surface area contributed by atoms with E-state index in [0.717, 1.165) is 0 Å². The van der Waals surface area contributed by atoms with Crippen molar-refractivity contribution >= 4 is 42.4 Å². The lowest BCUT2D eigenvalue weighted by Crippen LogP contribution is -2.19. The lowest BCUT2D eigenvalue weighted by Gasteiger charge is -2.29. The average Bonchev–Trinajstić information content (AvgIpc) is 2.36. The summed E-state index contributed by atoms with van der Waals surface area (Å²) in [6.45, 7) is 7.25. The Morgan fingerprint density at radius 1 is 1.05 bits per heavy atom. The van der Waals surface area contributed by atoms with Gasteiger partial charge in [-0.1, -0.05) is 34.8 Å².